The summed E-state index contributed by atoms with van der Waals surface area (Å²) in [4.78, 5) is 2.41. The van der Waals surface area contributed by atoms with E-state index in [1.54, 1.807) is 7.11 Å². The summed E-state index contributed by atoms with van der Waals surface area (Å²) in [5, 5.41) is 3.40. The first kappa shape index (κ1) is 15.2. The minimum absolute atomic E-state index is 0.795. The molecule has 0 aliphatic rings. The maximum atomic E-state index is 5.15. The molecule has 1 aromatic rings. The van der Waals surface area contributed by atoms with Gasteiger partial charge in [0.1, 0.15) is 0 Å². The predicted molar refractivity (Wildman–Crippen MR) is 76.6 cm³/mol. The van der Waals surface area contributed by atoms with Gasteiger partial charge in [-0.2, -0.15) is 0 Å². The van der Waals surface area contributed by atoms with Gasteiger partial charge in [-0.3, -0.25) is 4.90 Å². The number of nitrogens with one attached hydrogen (secondary N) is 1. The van der Waals surface area contributed by atoms with E-state index in [-0.39, 0.29) is 0 Å². The lowest BCUT2D eigenvalue weighted by atomic mass is 10.1. The molecule has 1 N–H and O–H groups in total. The fraction of sp³-hybridized carbons (Fsp3) is 0.600. The maximum Gasteiger partial charge on any atom is 0.0589 e. The minimum Gasteiger partial charge on any atom is -0.383 e. The van der Waals surface area contributed by atoms with Crippen LogP contribution in [0.3, 0.4) is 0 Å². The van der Waals surface area contributed by atoms with E-state index in [1.165, 1.54) is 11.1 Å². The third-order valence-electron chi connectivity index (χ3n) is 3.14. The number of methoxy groups -OCH3 is 1. The Kier molecular flexibility index (Phi) is 7.65. The summed E-state index contributed by atoms with van der Waals surface area (Å²) in [5.74, 6) is 0. The number of nitrogens with zero attached hydrogens (tertiary/aromatic N) is 1. The largest absolute Gasteiger partial charge is 0.383 e. The summed E-state index contributed by atoms with van der Waals surface area (Å²) in [7, 11) is 1.76. The van der Waals surface area contributed by atoms with Gasteiger partial charge in [-0.15, -0.1) is 0 Å². The Bertz CT molecular complexity index is 328. The number of rotatable bonds is 9. The molecule has 0 atom stereocenters. The smallest absolute Gasteiger partial charge is 0.0589 e. The highest BCUT2D eigenvalue weighted by atomic mass is 16.5. The molecule has 0 heterocycles. The number of benzene rings is 1. The van der Waals surface area contributed by atoms with Crippen LogP contribution in [-0.2, 0) is 17.8 Å². The van der Waals surface area contributed by atoms with Crippen molar-refractivity contribution in [3.63, 3.8) is 0 Å². The van der Waals surface area contributed by atoms with E-state index < -0.39 is 0 Å². The molecule has 0 spiro atoms. The van der Waals surface area contributed by atoms with Crippen molar-refractivity contribution in [1.29, 1.82) is 0 Å². The van der Waals surface area contributed by atoms with Crippen molar-refractivity contribution in [3.05, 3.63) is 35.4 Å². The van der Waals surface area contributed by atoms with Crippen LogP contribution in [0.1, 0.15) is 25.0 Å². The van der Waals surface area contributed by atoms with E-state index in [4.69, 9.17) is 4.74 Å². The molecule has 0 amide bonds. The van der Waals surface area contributed by atoms with E-state index in [9.17, 15) is 0 Å². The molecule has 3 heteroatoms. The first-order valence-electron chi connectivity index (χ1n) is 6.80. The zero-order chi connectivity index (χ0) is 13.2. The Morgan fingerprint density at radius 2 is 1.89 bits per heavy atom. The van der Waals surface area contributed by atoms with Crippen LogP contribution in [0.5, 0.6) is 0 Å². The molecule has 0 aliphatic carbocycles. The molecule has 0 bridgehead atoms. The van der Waals surface area contributed by atoms with Crippen LogP contribution >= 0.6 is 0 Å². The van der Waals surface area contributed by atoms with Gasteiger partial charge in [-0.1, -0.05) is 38.1 Å². The molecule has 18 heavy (non-hydrogen) atoms. The van der Waals surface area contributed by atoms with Crippen molar-refractivity contribution in [2.45, 2.75) is 26.9 Å². The maximum absolute atomic E-state index is 5.15. The highest BCUT2D eigenvalue weighted by Gasteiger charge is 2.06. The predicted octanol–water partition coefficient (Wildman–Crippen LogP) is 2.26. The molecule has 0 saturated carbocycles. The van der Waals surface area contributed by atoms with Crippen molar-refractivity contribution in [2.75, 3.05) is 33.4 Å². The third kappa shape index (κ3) is 5.17. The molecular weight excluding hydrogens is 224 g/mol. The molecule has 0 aromatic heterocycles. The van der Waals surface area contributed by atoms with Gasteiger partial charge in [0, 0.05) is 26.7 Å². The van der Waals surface area contributed by atoms with E-state index in [0.717, 1.165) is 39.3 Å². The zero-order valence-corrected chi connectivity index (χ0v) is 11.9. The Morgan fingerprint density at radius 1 is 1.17 bits per heavy atom. The van der Waals surface area contributed by atoms with Crippen LogP contribution < -0.4 is 5.32 Å². The summed E-state index contributed by atoms with van der Waals surface area (Å²) in [5.41, 5.74) is 2.81. The normalized spacial score (nSPS) is 11.1. The minimum atomic E-state index is 0.795. The second-order valence-electron chi connectivity index (χ2n) is 4.41. The van der Waals surface area contributed by atoms with Crippen molar-refractivity contribution < 1.29 is 4.74 Å². The molecule has 0 saturated heterocycles. The fourth-order valence-corrected chi connectivity index (χ4v) is 1.95. The summed E-state index contributed by atoms with van der Waals surface area (Å²) in [6.45, 7) is 10.1. The molecule has 0 aliphatic heterocycles. The average Bonchev–Trinajstić information content (AvgIpc) is 2.42. The summed E-state index contributed by atoms with van der Waals surface area (Å²) < 4.78 is 5.15. The summed E-state index contributed by atoms with van der Waals surface area (Å²) >= 11 is 0. The number of ether oxygens (including phenoxy) is 1. The van der Waals surface area contributed by atoms with Gasteiger partial charge in [0.05, 0.1) is 6.61 Å². The van der Waals surface area contributed by atoms with Gasteiger partial charge < -0.3 is 10.1 Å². The summed E-state index contributed by atoms with van der Waals surface area (Å²) in [6, 6.07) is 8.67. The van der Waals surface area contributed by atoms with Crippen LogP contribution in [0.25, 0.3) is 0 Å². The molecule has 0 fully saturated rings. The second kappa shape index (κ2) is 9.09. The molecular formula is C15H26N2O. The molecule has 0 unspecified atom stereocenters. The molecule has 0 radical (unpaired) electrons. The quantitative estimate of drug-likeness (QED) is 0.727. The monoisotopic (exact) mass is 250 g/mol. The number of hydrogen-bond donors (Lipinski definition) is 1. The van der Waals surface area contributed by atoms with E-state index in [0.29, 0.717) is 0 Å². The Morgan fingerprint density at radius 3 is 2.50 bits per heavy atom. The van der Waals surface area contributed by atoms with Crippen LogP contribution in [0.4, 0.5) is 0 Å². The van der Waals surface area contributed by atoms with Gasteiger partial charge >= 0.3 is 0 Å². The lowest BCUT2D eigenvalue weighted by molar-refractivity contribution is 0.147. The van der Waals surface area contributed by atoms with Crippen LogP contribution in [-0.4, -0.2) is 38.3 Å². The lowest BCUT2D eigenvalue weighted by Gasteiger charge is -2.21. The van der Waals surface area contributed by atoms with Crippen molar-refractivity contribution in [3.8, 4) is 0 Å². The van der Waals surface area contributed by atoms with Gasteiger partial charge in [0.2, 0.25) is 0 Å². The lowest BCUT2D eigenvalue weighted by Crippen LogP contribution is -2.27. The van der Waals surface area contributed by atoms with Gasteiger partial charge in [-0.05, 0) is 24.2 Å². The zero-order valence-electron chi connectivity index (χ0n) is 11.9. The Balaban J connectivity index is 2.63. The highest BCUT2D eigenvalue weighted by Crippen LogP contribution is 2.11. The Labute approximate surface area is 111 Å². The summed E-state index contributed by atoms with van der Waals surface area (Å²) in [6.07, 6.45) is 0. The SMILES string of the molecule is CCNCc1ccccc1CN(CC)CCOC. The van der Waals surface area contributed by atoms with Crippen molar-refractivity contribution in [2.24, 2.45) is 0 Å². The molecule has 3 nitrogen and oxygen atoms in total. The van der Waals surface area contributed by atoms with E-state index in [1.807, 2.05) is 0 Å². The van der Waals surface area contributed by atoms with Gasteiger partial charge in [0.15, 0.2) is 0 Å². The van der Waals surface area contributed by atoms with Crippen molar-refractivity contribution in [1.82, 2.24) is 10.2 Å². The first-order chi connectivity index (χ1) is 8.81. The fourth-order valence-electron chi connectivity index (χ4n) is 1.95. The van der Waals surface area contributed by atoms with Gasteiger partial charge in [0.25, 0.3) is 0 Å². The number of likely N-dealkylation sites (N-methyl/N-ethyl adjacent to an activating group) is 1. The standard InChI is InChI=1S/C15H26N2O/c1-4-16-12-14-8-6-7-9-15(14)13-17(5-2)10-11-18-3/h6-9,16H,4-5,10-13H2,1-3H3. The van der Waals surface area contributed by atoms with Gasteiger partial charge in [-0.25, -0.2) is 0 Å². The topological polar surface area (TPSA) is 24.5 Å². The highest BCUT2D eigenvalue weighted by molar-refractivity contribution is 5.26. The molecule has 102 valence electrons. The third-order valence-corrected chi connectivity index (χ3v) is 3.14. The molecule has 1 rings (SSSR count). The average molecular weight is 250 g/mol. The van der Waals surface area contributed by atoms with Crippen LogP contribution in [0.15, 0.2) is 24.3 Å². The number of hydrogen-bond acceptors (Lipinski definition) is 3. The van der Waals surface area contributed by atoms with Crippen molar-refractivity contribution >= 4 is 0 Å². The Hall–Kier alpha value is -0.900. The first-order valence-corrected chi connectivity index (χ1v) is 6.80. The van der Waals surface area contributed by atoms with Crippen LogP contribution in [0.2, 0.25) is 0 Å². The van der Waals surface area contributed by atoms with E-state index in [2.05, 4.69) is 48.3 Å². The second-order valence-corrected chi connectivity index (χ2v) is 4.41. The van der Waals surface area contributed by atoms with Crippen LogP contribution in [0, 0.1) is 0 Å². The van der Waals surface area contributed by atoms with E-state index >= 15 is 0 Å². The molecule has 1 aromatic carbocycles.